The second kappa shape index (κ2) is 11.6. The molecule has 0 rings (SSSR count). The van der Waals surface area contributed by atoms with Gasteiger partial charge in [0.2, 0.25) is 0 Å². The van der Waals surface area contributed by atoms with Gasteiger partial charge in [0.05, 0.1) is 0 Å². The molecule has 3 nitrogen and oxygen atoms in total. The van der Waals surface area contributed by atoms with Gasteiger partial charge in [0.25, 0.3) is 0 Å². The molecule has 0 saturated carbocycles. The van der Waals surface area contributed by atoms with Crippen LogP contribution in [0.4, 0.5) is 0 Å². The van der Waals surface area contributed by atoms with E-state index < -0.39 is 5.97 Å². The smallest absolute Gasteiger partial charge is 0.330 e. The Morgan fingerprint density at radius 1 is 0.941 bits per heavy atom. The van der Waals surface area contributed by atoms with Gasteiger partial charge in [0.15, 0.2) is 0 Å². The number of aliphatic carboxylic acids is 1. The molecule has 0 radical (unpaired) electrons. The standard InChI is InChI=1S/C14H26O3/c1-13(14(16)17)11-9-7-5-3-2-4-6-8-10-12-15/h11,15H,2-10,12H2,1H3,(H,16,17). The van der Waals surface area contributed by atoms with E-state index in [0.717, 1.165) is 25.7 Å². The Morgan fingerprint density at radius 3 is 1.88 bits per heavy atom. The van der Waals surface area contributed by atoms with Crippen molar-refractivity contribution in [1.82, 2.24) is 0 Å². The number of carbonyl (C=O) groups is 1. The van der Waals surface area contributed by atoms with Crippen molar-refractivity contribution in [1.29, 1.82) is 0 Å². The largest absolute Gasteiger partial charge is 0.478 e. The summed E-state index contributed by atoms with van der Waals surface area (Å²) in [6, 6.07) is 0. The number of aliphatic hydroxyl groups excluding tert-OH is 1. The number of carboxylic acid groups (broad SMARTS) is 1. The molecule has 0 aliphatic rings. The van der Waals surface area contributed by atoms with E-state index >= 15 is 0 Å². The van der Waals surface area contributed by atoms with E-state index in [-0.39, 0.29) is 0 Å². The molecule has 100 valence electrons. The monoisotopic (exact) mass is 242 g/mol. The van der Waals surface area contributed by atoms with Crippen LogP contribution < -0.4 is 0 Å². The Morgan fingerprint density at radius 2 is 1.41 bits per heavy atom. The molecule has 0 heterocycles. The lowest BCUT2D eigenvalue weighted by Gasteiger charge is -2.00. The van der Waals surface area contributed by atoms with Crippen LogP contribution in [0.5, 0.6) is 0 Å². The third-order valence-corrected chi connectivity index (χ3v) is 2.90. The van der Waals surface area contributed by atoms with Crippen molar-refractivity contribution >= 4 is 5.97 Å². The fourth-order valence-electron chi connectivity index (χ4n) is 1.72. The molecule has 0 fully saturated rings. The lowest BCUT2D eigenvalue weighted by molar-refractivity contribution is -0.132. The fourth-order valence-corrected chi connectivity index (χ4v) is 1.72. The van der Waals surface area contributed by atoms with Gasteiger partial charge in [-0.25, -0.2) is 4.79 Å². The highest BCUT2D eigenvalue weighted by atomic mass is 16.4. The Bertz CT molecular complexity index is 222. The molecule has 0 spiro atoms. The van der Waals surface area contributed by atoms with E-state index in [1.165, 1.54) is 32.1 Å². The highest BCUT2D eigenvalue weighted by molar-refractivity contribution is 5.85. The number of aliphatic hydroxyl groups is 1. The molecule has 0 aromatic rings. The summed E-state index contributed by atoms with van der Waals surface area (Å²) < 4.78 is 0. The van der Waals surface area contributed by atoms with Gasteiger partial charge in [-0.15, -0.1) is 0 Å². The number of rotatable bonds is 11. The third-order valence-electron chi connectivity index (χ3n) is 2.90. The number of unbranched alkanes of at least 4 members (excludes halogenated alkanes) is 8. The molecular formula is C14H26O3. The van der Waals surface area contributed by atoms with Crippen LogP contribution >= 0.6 is 0 Å². The molecule has 17 heavy (non-hydrogen) atoms. The van der Waals surface area contributed by atoms with Crippen molar-refractivity contribution in [2.24, 2.45) is 0 Å². The van der Waals surface area contributed by atoms with Gasteiger partial charge in [-0.1, -0.05) is 44.6 Å². The molecule has 0 saturated heterocycles. The predicted molar refractivity (Wildman–Crippen MR) is 70.0 cm³/mol. The zero-order chi connectivity index (χ0) is 12.9. The van der Waals surface area contributed by atoms with E-state index in [1.807, 2.05) is 6.08 Å². The zero-order valence-corrected chi connectivity index (χ0v) is 11.0. The van der Waals surface area contributed by atoms with Crippen molar-refractivity contribution in [3.8, 4) is 0 Å². The molecule has 0 atom stereocenters. The topological polar surface area (TPSA) is 57.5 Å². The minimum atomic E-state index is -0.811. The first-order chi connectivity index (χ1) is 8.18. The van der Waals surface area contributed by atoms with Crippen molar-refractivity contribution in [2.45, 2.75) is 64.7 Å². The summed E-state index contributed by atoms with van der Waals surface area (Å²) in [5.41, 5.74) is 0.453. The second-order valence-corrected chi connectivity index (χ2v) is 4.53. The van der Waals surface area contributed by atoms with Crippen molar-refractivity contribution < 1.29 is 15.0 Å². The van der Waals surface area contributed by atoms with Crippen LogP contribution in [0.2, 0.25) is 0 Å². The van der Waals surface area contributed by atoms with Crippen LogP contribution in [0.15, 0.2) is 11.6 Å². The number of carboxylic acids is 1. The third kappa shape index (κ3) is 11.4. The minimum absolute atomic E-state index is 0.315. The Kier molecular flexibility index (Phi) is 11.1. The maximum atomic E-state index is 10.5. The molecule has 2 N–H and O–H groups in total. The van der Waals surface area contributed by atoms with Gasteiger partial charge in [0, 0.05) is 12.2 Å². The summed E-state index contributed by atoms with van der Waals surface area (Å²) in [6.07, 6.45) is 12.0. The summed E-state index contributed by atoms with van der Waals surface area (Å²) in [4.78, 5) is 10.5. The average molecular weight is 242 g/mol. The number of hydrogen-bond acceptors (Lipinski definition) is 2. The van der Waals surface area contributed by atoms with Gasteiger partial charge >= 0.3 is 5.97 Å². The molecule has 0 unspecified atom stereocenters. The Labute approximate surface area is 105 Å². The Hall–Kier alpha value is -0.830. The first-order valence-corrected chi connectivity index (χ1v) is 6.69. The summed E-state index contributed by atoms with van der Waals surface area (Å²) in [7, 11) is 0. The average Bonchev–Trinajstić information content (AvgIpc) is 2.31. The molecule has 3 heteroatoms. The maximum Gasteiger partial charge on any atom is 0.330 e. The van der Waals surface area contributed by atoms with Crippen LogP contribution in [0.25, 0.3) is 0 Å². The lowest BCUT2D eigenvalue weighted by Crippen LogP contribution is -1.95. The molecule has 0 aromatic carbocycles. The van der Waals surface area contributed by atoms with Gasteiger partial charge < -0.3 is 10.2 Å². The first-order valence-electron chi connectivity index (χ1n) is 6.69. The van der Waals surface area contributed by atoms with Gasteiger partial charge in [-0.2, -0.15) is 0 Å². The summed E-state index contributed by atoms with van der Waals surface area (Å²) in [5.74, 6) is -0.811. The van der Waals surface area contributed by atoms with Crippen molar-refractivity contribution in [3.05, 3.63) is 11.6 Å². The molecule has 0 bridgehead atoms. The quantitative estimate of drug-likeness (QED) is 0.430. The van der Waals surface area contributed by atoms with Gasteiger partial charge in [0.1, 0.15) is 0 Å². The van der Waals surface area contributed by atoms with Crippen LogP contribution in [-0.4, -0.2) is 22.8 Å². The van der Waals surface area contributed by atoms with E-state index in [1.54, 1.807) is 6.92 Å². The zero-order valence-electron chi connectivity index (χ0n) is 11.0. The molecule has 0 amide bonds. The second-order valence-electron chi connectivity index (χ2n) is 4.53. The molecular weight excluding hydrogens is 216 g/mol. The van der Waals surface area contributed by atoms with E-state index in [9.17, 15) is 4.79 Å². The highest BCUT2D eigenvalue weighted by Gasteiger charge is 1.97. The van der Waals surface area contributed by atoms with Crippen LogP contribution in [-0.2, 0) is 4.79 Å². The molecule has 0 aliphatic carbocycles. The first kappa shape index (κ1) is 16.2. The molecule has 0 aromatic heterocycles. The van der Waals surface area contributed by atoms with Crippen LogP contribution in [0.1, 0.15) is 64.7 Å². The summed E-state index contributed by atoms with van der Waals surface area (Å²) >= 11 is 0. The van der Waals surface area contributed by atoms with Gasteiger partial charge in [-0.05, 0) is 26.2 Å². The maximum absolute atomic E-state index is 10.5. The van der Waals surface area contributed by atoms with Gasteiger partial charge in [-0.3, -0.25) is 0 Å². The highest BCUT2D eigenvalue weighted by Crippen LogP contribution is 2.10. The lowest BCUT2D eigenvalue weighted by atomic mass is 10.1. The van der Waals surface area contributed by atoms with Crippen LogP contribution in [0.3, 0.4) is 0 Å². The van der Waals surface area contributed by atoms with Crippen molar-refractivity contribution in [3.63, 3.8) is 0 Å². The van der Waals surface area contributed by atoms with E-state index in [4.69, 9.17) is 10.2 Å². The number of hydrogen-bond donors (Lipinski definition) is 2. The normalized spacial score (nSPS) is 11.8. The van der Waals surface area contributed by atoms with E-state index in [2.05, 4.69) is 0 Å². The van der Waals surface area contributed by atoms with Crippen LogP contribution in [0, 0.1) is 0 Å². The molecule has 0 aliphatic heterocycles. The SMILES string of the molecule is CC(=CCCCCCCCCCCO)C(=O)O. The summed E-state index contributed by atoms with van der Waals surface area (Å²) in [6.45, 7) is 1.96. The van der Waals surface area contributed by atoms with E-state index in [0.29, 0.717) is 12.2 Å². The predicted octanol–water partition coefficient (Wildman–Crippen LogP) is 3.52. The fraction of sp³-hybridized carbons (Fsp3) is 0.786. The summed E-state index contributed by atoms with van der Waals surface area (Å²) in [5, 5.41) is 17.2. The Balaban J connectivity index is 3.19. The van der Waals surface area contributed by atoms with Crippen molar-refractivity contribution in [2.75, 3.05) is 6.61 Å². The minimum Gasteiger partial charge on any atom is -0.478 e. The number of allylic oxidation sites excluding steroid dienone is 1.